The molecule has 0 aliphatic heterocycles. The lowest BCUT2D eigenvalue weighted by Gasteiger charge is -2.14. The summed E-state index contributed by atoms with van der Waals surface area (Å²) in [7, 11) is 0. The van der Waals surface area contributed by atoms with Crippen LogP contribution in [0.25, 0.3) is 0 Å². The minimum Gasteiger partial charge on any atom is -0.451 e. The van der Waals surface area contributed by atoms with E-state index in [1.54, 1.807) is 12.3 Å². The van der Waals surface area contributed by atoms with Crippen molar-refractivity contribution in [3.05, 3.63) is 50.6 Å². The first-order valence-electron chi connectivity index (χ1n) is 6.88. The Morgan fingerprint density at radius 2 is 2.04 bits per heavy atom. The summed E-state index contributed by atoms with van der Waals surface area (Å²) in [5.74, 6) is -3.61. The van der Waals surface area contributed by atoms with Gasteiger partial charge in [0.15, 0.2) is 17.7 Å². The molecule has 2 aromatic rings. The number of nitrogens with one attached hydrogen (secondary N) is 1. The zero-order chi connectivity index (χ0) is 17.9. The molecule has 24 heavy (non-hydrogen) atoms. The normalized spacial score (nSPS) is 11.8. The van der Waals surface area contributed by atoms with E-state index in [2.05, 4.69) is 5.32 Å². The third-order valence-electron chi connectivity index (χ3n) is 3.13. The number of carbonyl (C=O) groups excluding carboxylic acids is 2. The van der Waals surface area contributed by atoms with Crippen LogP contribution in [0.5, 0.6) is 0 Å². The van der Waals surface area contributed by atoms with Crippen molar-refractivity contribution in [2.24, 2.45) is 0 Å². The molecule has 1 heterocycles. The van der Waals surface area contributed by atoms with Crippen LogP contribution in [0, 0.1) is 18.6 Å². The van der Waals surface area contributed by atoms with Crippen LogP contribution in [0.15, 0.2) is 28.4 Å². The van der Waals surface area contributed by atoms with Gasteiger partial charge in [0, 0.05) is 22.8 Å². The highest BCUT2D eigenvalue weighted by Crippen LogP contribution is 2.13. The van der Waals surface area contributed by atoms with Crippen LogP contribution in [0.4, 0.5) is 14.5 Å². The van der Waals surface area contributed by atoms with Gasteiger partial charge in [0.2, 0.25) is 0 Å². The van der Waals surface area contributed by atoms with Gasteiger partial charge < -0.3 is 10.1 Å². The van der Waals surface area contributed by atoms with Crippen LogP contribution >= 0.6 is 11.3 Å². The fraction of sp³-hybridized carbons (Fsp3) is 0.267. The molecule has 0 aliphatic rings. The van der Waals surface area contributed by atoms with Gasteiger partial charge in [-0.15, -0.1) is 0 Å². The molecule has 1 aromatic carbocycles. The summed E-state index contributed by atoms with van der Waals surface area (Å²) < 4.78 is 32.1. The topological polar surface area (TPSA) is 77.4 Å². The van der Waals surface area contributed by atoms with Crippen LogP contribution in [-0.4, -0.2) is 22.5 Å². The van der Waals surface area contributed by atoms with Gasteiger partial charge in [-0.2, -0.15) is 0 Å². The Balaban J connectivity index is 1.94. The van der Waals surface area contributed by atoms with Gasteiger partial charge in [-0.3, -0.25) is 19.0 Å². The molecule has 6 nitrogen and oxygen atoms in total. The Morgan fingerprint density at radius 1 is 1.33 bits per heavy atom. The van der Waals surface area contributed by atoms with E-state index in [0.717, 1.165) is 23.5 Å². The number of ether oxygens (including phenoxy) is 1. The van der Waals surface area contributed by atoms with Crippen LogP contribution in [-0.2, 0) is 20.9 Å². The number of hydrogen-bond donors (Lipinski definition) is 1. The average molecular weight is 356 g/mol. The fourth-order valence-corrected chi connectivity index (χ4v) is 2.57. The molecule has 1 aromatic heterocycles. The van der Waals surface area contributed by atoms with E-state index in [9.17, 15) is 23.2 Å². The summed E-state index contributed by atoms with van der Waals surface area (Å²) in [5, 5.41) is 3.91. The number of benzene rings is 1. The van der Waals surface area contributed by atoms with E-state index < -0.39 is 29.6 Å². The first kappa shape index (κ1) is 17.8. The van der Waals surface area contributed by atoms with E-state index >= 15 is 0 Å². The Labute approximate surface area is 139 Å². The SMILES string of the molecule is Cc1csc(=O)n1CC(=O)O[C@H](C)C(=O)Nc1ccc(F)c(F)c1. The van der Waals surface area contributed by atoms with E-state index in [4.69, 9.17) is 4.74 Å². The summed E-state index contributed by atoms with van der Waals surface area (Å²) in [6, 6.07) is 2.86. The number of rotatable bonds is 5. The van der Waals surface area contributed by atoms with E-state index in [1.165, 1.54) is 17.6 Å². The largest absolute Gasteiger partial charge is 0.451 e. The van der Waals surface area contributed by atoms with E-state index in [-0.39, 0.29) is 17.1 Å². The van der Waals surface area contributed by atoms with Crippen LogP contribution in [0.2, 0.25) is 0 Å². The predicted molar refractivity (Wildman–Crippen MR) is 83.9 cm³/mol. The monoisotopic (exact) mass is 356 g/mol. The molecule has 9 heteroatoms. The second-order valence-corrected chi connectivity index (χ2v) is 5.80. The van der Waals surface area contributed by atoms with Crippen molar-refractivity contribution in [3.8, 4) is 0 Å². The molecule has 0 saturated carbocycles. The number of esters is 1. The third-order valence-corrected chi connectivity index (χ3v) is 4.01. The molecule has 1 amide bonds. The Bertz CT molecular complexity index is 831. The number of amides is 1. The van der Waals surface area contributed by atoms with Crippen molar-refractivity contribution >= 4 is 28.9 Å². The fourth-order valence-electron chi connectivity index (χ4n) is 1.83. The van der Waals surface area contributed by atoms with Gasteiger partial charge in [0.05, 0.1) is 0 Å². The number of hydrogen-bond acceptors (Lipinski definition) is 5. The van der Waals surface area contributed by atoms with Gasteiger partial charge in [-0.05, 0) is 26.0 Å². The second kappa shape index (κ2) is 7.35. The summed E-state index contributed by atoms with van der Waals surface area (Å²) in [4.78, 5) is 34.9. The van der Waals surface area contributed by atoms with Crippen LogP contribution < -0.4 is 10.2 Å². The van der Waals surface area contributed by atoms with Crippen molar-refractivity contribution in [2.45, 2.75) is 26.5 Å². The zero-order valence-corrected chi connectivity index (χ0v) is 13.7. The number of nitrogens with zero attached hydrogens (tertiary/aromatic N) is 1. The van der Waals surface area contributed by atoms with Crippen molar-refractivity contribution in [1.82, 2.24) is 4.57 Å². The maximum Gasteiger partial charge on any atom is 0.326 e. The number of carbonyl (C=O) groups is 2. The lowest BCUT2D eigenvalue weighted by Crippen LogP contribution is -2.32. The molecule has 1 atom stereocenters. The molecule has 0 spiro atoms. The smallest absolute Gasteiger partial charge is 0.326 e. The molecule has 1 N–H and O–H groups in total. The Hall–Kier alpha value is -2.55. The van der Waals surface area contributed by atoms with Crippen molar-refractivity contribution < 1.29 is 23.1 Å². The highest BCUT2D eigenvalue weighted by Gasteiger charge is 2.19. The average Bonchev–Trinajstić information content (AvgIpc) is 2.82. The number of anilines is 1. The van der Waals surface area contributed by atoms with Crippen molar-refractivity contribution in [3.63, 3.8) is 0 Å². The summed E-state index contributed by atoms with van der Waals surface area (Å²) in [6.45, 7) is 2.69. The number of thiazole rings is 1. The molecule has 0 fully saturated rings. The van der Waals surface area contributed by atoms with Crippen molar-refractivity contribution in [2.75, 3.05) is 5.32 Å². The molecule has 0 saturated heterocycles. The summed E-state index contributed by atoms with van der Waals surface area (Å²) in [6.07, 6.45) is -1.17. The third kappa shape index (κ3) is 4.25. The van der Waals surface area contributed by atoms with E-state index in [0.29, 0.717) is 5.69 Å². The minimum atomic E-state index is -1.17. The van der Waals surface area contributed by atoms with Gasteiger partial charge in [-0.25, -0.2) is 8.78 Å². The lowest BCUT2D eigenvalue weighted by molar-refractivity contribution is -0.153. The molecular weight excluding hydrogens is 342 g/mol. The number of halogens is 2. The van der Waals surface area contributed by atoms with Crippen LogP contribution in [0.1, 0.15) is 12.6 Å². The van der Waals surface area contributed by atoms with Gasteiger partial charge in [-0.1, -0.05) is 11.3 Å². The van der Waals surface area contributed by atoms with Crippen molar-refractivity contribution in [1.29, 1.82) is 0 Å². The van der Waals surface area contributed by atoms with Gasteiger partial charge >= 0.3 is 10.8 Å². The van der Waals surface area contributed by atoms with Gasteiger partial charge in [0.25, 0.3) is 5.91 Å². The minimum absolute atomic E-state index is 0.0340. The number of aromatic nitrogens is 1. The Kier molecular flexibility index (Phi) is 5.45. The highest BCUT2D eigenvalue weighted by atomic mass is 32.1. The van der Waals surface area contributed by atoms with Crippen LogP contribution in [0.3, 0.4) is 0 Å². The maximum atomic E-state index is 13.1. The highest BCUT2D eigenvalue weighted by molar-refractivity contribution is 7.07. The maximum absolute atomic E-state index is 13.1. The molecule has 2 rings (SSSR count). The quantitative estimate of drug-likeness (QED) is 0.832. The Morgan fingerprint density at radius 3 is 2.62 bits per heavy atom. The predicted octanol–water partition coefficient (Wildman–Crippen LogP) is 2.07. The molecule has 0 bridgehead atoms. The number of aryl methyl sites for hydroxylation is 1. The molecule has 0 aliphatic carbocycles. The second-order valence-electron chi connectivity index (χ2n) is 4.98. The first-order chi connectivity index (χ1) is 11.3. The van der Waals surface area contributed by atoms with E-state index in [1.807, 2.05) is 0 Å². The standard InChI is InChI=1S/C15H14F2N2O4S/c1-8-7-24-15(22)19(8)6-13(20)23-9(2)14(21)18-10-3-4-11(16)12(17)5-10/h3-5,7,9H,6H2,1-2H3,(H,18,21)/t9-/m1/s1. The van der Waals surface area contributed by atoms with Gasteiger partial charge in [0.1, 0.15) is 6.54 Å². The molecule has 0 unspecified atom stereocenters. The zero-order valence-electron chi connectivity index (χ0n) is 12.8. The molecule has 128 valence electrons. The molecular formula is C15H14F2N2O4S. The summed E-state index contributed by atoms with van der Waals surface area (Å²) in [5.41, 5.74) is 0.646. The summed E-state index contributed by atoms with van der Waals surface area (Å²) >= 11 is 0.957. The lowest BCUT2D eigenvalue weighted by atomic mass is 10.3. The first-order valence-corrected chi connectivity index (χ1v) is 7.76. The molecule has 0 radical (unpaired) electrons.